The molecule has 4 aromatic rings. The fourth-order valence-corrected chi connectivity index (χ4v) is 3.63. The molecule has 0 saturated carbocycles. The molecule has 0 bridgehead atoms. The highest BCUT2D eigenvalue weighted by Crippen LogP contribution is 2.30. The zero-order valence-corrected chi connectivity index (χ0v) is 18.6. The summed E-state index contributed by atoms with van der Waals surface area (Å²) in [5.74, 6) is -2.79. The number of fused-ring (bicyclic) bond motifs is 1. The Bertz CT molecular complexity index is 1370. The summed E-state index contributed by atoms with van der Waals surface area (Å²) in [6.45, 7) is 2.90. The first-order valence-corrected chi connectivity index (χ1v) is 10.6. The summed E-state index contributed by atoms with van der Waals surface area (Å²) >= 11 is 0. The third-order valence-electron chi connectivity index (χ3n) is 5.47. The van der Waals surface area contributed by atoms with E-state index in [4.69, 9.17) is 4.74 Å². The topological polar surface area (TPSA) is 56.1 Å². The molecule has 1 amide bonds. The van der Waals surface area contributed by atoms with Crippen molar-refractivity contribution in [3.63, 3.8) is 0 Å². The first kappa shape index (κ1) is 24.2. The van der Waals surface area contributed by atoms with Crippen LogP contribution in [0, 0.1) is 18.6 Å². The highest BCUT2D eigenvalue weighted by Gasteiger charge is 2.40. The SMILES string of the molecule is Cc1ccc([C@H](Oc2ccc3c(cnn3-c3ccc(F)cc3)c2)[C@H](C)NC(=O)C(F)(F)F)cc1F. The van der Waals surface area contributed by atoms with E-state index in [1.54, 1.807) is 48.1 Å². The van der Waals surface area contributed by atoms with E-state index in [-0.39, 0.29) is 17.1 Å². The van der Waals surface area contributed by atoms with Crippen LogP contribution >= 0.6 is 0 Å². The normalized spacial score (nSPS) is 13.5. The van der Waals surface area contributed by atoms with Gasteiger partial charge in [0.2, 0.25) is 0 Å². The molecule has 1 N–H and O–H groups in total. The van der Waals surface area contributed by atoms with E-state index in [0.29, 0.717) is 22.2 Å². The molecule has 0 saturated heterocycles. The number of nitrogens with zero attached hydrogens (tertiary/aromatic N) is 2. The van der Waals surface area contributed by atoms with Crippen LogP contribution in [-0.2, 0) is 4.79 Å². The number of benzene rings is 3. The van der Waals surface area contributed by atoms with Crippen LogP contribution in [0.25, 0.3) is 16.6 Å². The van der Waals surface area contributed by atoms with E-state index in [1.807, 2.05) is 5.32 Å². The maximum atomic E-state index is 14.2. The van der Waals surface area contributed by atoms with Crippen LogP contribution in [0.4, 0.5) is 22.0 Å². The lowest BCUT2D eigenvalue weighted by atomic mass is 10.0. The van der Waals surface area contributed by atoms with Gasteiger partial charge in [-0.2, -0.15) is 18.3 Å². The van der Waals surface area contributed by atoms with Crippen molar-refractivity contribution in [2.45, 2.75) is 32.2 Å². The number of ether oxygens (including phenoxy) is 1. The summed E-state index contributed by atoms with van der Waals surface area (Å²) in [5, 5.41) is 6.83. The molecule has 35 heavy (non-hydrogen) atoms. The Morgan fingerprint density at radius 2 is 1.74 bits per heavy atom. The number of aromatic nitrogens is 2. The number of nitrogens with one attached hydrogen (secondary N) is 1. The van der Waals surface area contributed by atoms with Gasteiger partial charge in [-0.25, -0.2) is 13.5 Å². The number of carbonyl (C=O) groups excluding carboxylic acids is 1. The predicted octanol–water partition coefficient (Wildman–Crippen LogP) is 5.80. The second-order valence-corrected chi connectivity index (χ2v) is 8.06. The Morgan fingerprint density at radius 1 is 1.03 bits per heavy atom. The molecule has 0 radical (unpaired) electrons. The smallest absolute Gasteiger partial charge is 0.471 e. The summed E-state index contributed by atoms with van der Waals surface area (Å²) in [7, 11) is 0. The van der Waals surface area contributed by atoms with E-state index in [2.05, 4.69) is 5.10 Å². The van der Waals surface area contributed by atoms with Crippen molar-refractivity contribution < 1.29 is 31.5 Å². The van der Waals surface area contributed by atoms with Crippen molar-refractivity contribution in [1.82, 2.24) is 15.1 Å². The zero-order chi connectivity index (χ0) is 25.3. The lowest BCUT2D eigenvalue weighted by Gasteiger charge is -2.27. The molecule has 0 aliphatic carbocycles. The number of hydrogen-bond acceptors (Lipinski definition) is 3. The van der Waals surface area contributed by atoms with Crippen molar-refractivity contribution in [2.24, 2.45) is 0 Å². The van der Waals surface area contributed by atoms with Crippen LogP contribution in [-0.4, -0.2) is 27.9 Å². The monoisotopic (exact) mass is 489 g/mol. The molecular weight excluding hydrogens is 469 g/mol. The molecule has 1 aromatic heterocycles. The molecule has 0 aliphatic heterocycles. The lowest BCUT2D eigenvalue weighted by Crippen LogP contribution is -2.45. The fraction of sp³-hybridized carbons (Fsp3) is 0.200. The first-order valence-electron chi connectivity index (χ1n) is 10.6. The van der Waals surface area contributed by atoms with Gasteiger partial charge in [0.25, 0.3) is 0 Å². The van der Waals surface area contributed by atoms with Crippen molar-refractivity contribution in [3.8, 4) is 11.4 Å². The molecule has 0 unspecified atom stereocenters. The van der Waals surface area contributed by atoms with Crippen LogP contribution in [0.2, 0.25) is 0 Å². The quantitative estimate of drug-likeness (QED) is 0.349. The Kier molecular flexibility index (Phi) is 6.47. The Hall–Kier alpha value is -3.95. The highest BCUT2D eigenvalue weighted by molar-refractivity contribution is 5.82. The van der Waals surface area contributed by atoms with E-state index in [0.717, 1.165) is 0 Å². The van der Waals surface area contributed by atoms with Crippen molar-refractivity contribution >= 4 is 16.8 Å². The number of hydrogen-bond donors (Lipinski definition) is 1. The summed E-state index contributed by atoms with van der Waals surface area (Å²) in [6.07, 6.45) is -4.65. The lowest BCUT2D eigenvalue weighted by molar-refractivity contribution is -0.174. The average molecular weight is 489 g/mol. The Morgan fingerprint density at radius 3 is 2.40 bits per heavy atom. The van der Waals surface area contributed by atoms with Gasteiger partial charge in [-0.1, -0.05) is 12.1 Å². The summed E-state index contributed by atoms with van der Waals surface area (Å²) < 4.78 is 73.5. The van der Waals surface area contributed by atoms with Crippen molar-refractivity contribution in [1.29, 1.82) is 0 Å². The maximum absolute atomic E-state index is 14.2. The summed E-state index contributed by atoms with van der Waals surface area (Å²) in [6, 6.07) is 13.7. The van der Waals surface area contributed by atoms with Crippen molar-refractivity contribution in [3.05, 3.63) is 89.6 Å². The number of amides is 1. The first-order chi connectivity index (χ1) is 16.5. The minimum absolute atomic E-state index is 0.255. The molecule has 1 heterocycles. The fourth-order valence-electron chi connectivity index (χ4n) is 3.63. The van der Waals surface area contributed by atoms with E-state index in [9.17, 15) is 26.7 Å². The van der Waals surface area contributed by atoms with E-state index >= 15 is 0 Å². The average Bonchev–Trinajstić information content (AvgIpc) is 3.22. The van der Waals surface area contributed by atoms with Gasteiger partial charge in [0.05, 0.1) is 23.4 Å². The molecule has 0 spiro atoms. The zero-order valence-electron chi connectivity index (χ0n) is 18.6. The highest BCUT2D eigenvalue weighted by atomic mass is 19.4. The molecule has 3 aromatic carbocycles. The van der Waals surface area contributed by atoms with Gasteiger partial charge in [0.1, 0.15) is 23.5 Å². The standard InChI is InChI=1S/C25H20F5N3O2/c1-14-3-4-16(12-21(14)27)23(15(2)32-24(34)25(28,29)30)35-20-9-10-22-17(11-20)13-31-33(22)19-7-5-18(26)6-8-19/h3-13,15,23H,1-2H3,(H,32,34)/t15-,23+/m0/s1. The van der Waals surface area contributed by atoms with Crippen LogP contribution < -0.4 is 10.1 Å². The molecule has 0 fully saturated rings. The van der Waals surface area contributed by atoms with Crippen LogP contribution in [0.15, 0.2) is 66.9 Å². The minimum Gasteiger partial charge on any atom is -0.484 e. The number of alkyl halides is 3. The third kappa shape index (κ3) is 5.26. The van der Waals surface area contributed by atoms with Gasteiger partial charge in [0.15, 0.2) is 0 Å². The third-order valence-corrected chi connectivity index (χ3v) is 5.47. The second kappa shape index (κ2) is 9.36. The van der Waals surface area contributed by atoms with E-state index < -0.39 is 30.0 Å². The molecule has 182 valence electrons. The molecule has 5 nitrogen and oxygen atoms in total. The Labute approximate surface area is 197 Å². The van der Waals surface area contributed by atoms with Crippen LogP contribution in [0.5, 0.6) is 5.75 Å². The number of rotatable bonds is 6. The van der Waals surface area contributed by atoms with E-state index in [1.165, 1.54) is 37.3 Å². The second-order valence-electron chi connectivity index (χ2n) is 8.06. The number of halogens is 5. The minimum atomic E-state index is -5.08. The van der Waals surface area contributed by atoms with Gasteiger partial charge in [0, 0.05) is 5.39 Å². The molecular formula is C25H20F5N3O2. The Balaban J connectivity index is 1.66. The molecule has 10 heteroatoms. The number of carbonyl (C=O) groups is 1. The van der Waals surface area contributed by atoms with Gasteiger partial charge in [-0.05, 0) is 73.5 Å². The van der Waals surface area contributed by atoms with Gasteiger partial charge >= 0.3 is 12.1 Å². The molecule has 2 atom stereocenters. The van der Waals surface area contributed by atoms with Gasteiger partial charge in [-0.3, -0.25) is 4.79 Å². The maximum Gasteiger partial charge on any atom is 0.471 e. The molecule has 0 aliphatic rings. The molecule has 4 rings (SSSR count). The summed E-state index contributed by atoms with van der Waals surface area (Å²) in [5.41, 5.74) is 1.92. The van der Waals surface area contributed by atoms with Crippen LogP contribution in [0.1, 0.15) is 24.2 Å². The van der Waals surface area contributed by atoms with Crippen LogP contribution in [0.3, 0.4) is 0 Å². The van der Waals surface area contributed by atoms with Crippen molar-refractivity contribution in [2.75, 3.05) is 0 Å². The number of aryl methyl sites for hydroxylation is 1. The largest absolute Gasteiger partial charge is 0.484 e. The summed E-state index contributed by atoms with van der Waals surface area (Å²) in [4.78, 5) is 11.5. The van der Waals surface area contributed by atoms with Gasteiger partial charge < -0.3 is 10.1 Å². The van der Waals surface area contributed by atoms with Gasteiger partial charge in [-0.15, -0.1) is 0 Å². The predicted molar refractivity (Wildman–Crippen MR) is 119 cm³/mol.